The fraction of sp³-hybridized carbons (Fsp3) is 0.398. The summed E-state index contributed by atoms with van der Waals surface area (Å²) in [6.07, 6.45) is 75.5. The first-order valence-electron chi connectivity index (χ1n) is 41.4. The van der Waals surface area contributed by atoms with Crippen molar-refractivity contribution in [1.82, 2.24) is 0 Å². The summed E-state index contributed by atoms with van der Waals surface area (Å²) in [6.45, 7) is 11.5. The summed E-state index contributed by atoms with van der Waals surface area (Å²) >= 11 is 0. The number of benzene rings is 6. The van der Waals surface area contributed by atoms with Gasteiger partial charge in [-0.2, -0.15) is 0 Å². The molecule has 0 radical (unpaired) electrons. The van der Waals surface area contributed by atoms with Crippen molar-refractivity contribution in [1.29, 1.82) is 0 Å². The van der Waals surface area contributed by atoms with Crippen LogP contribution in [0.3, 0.4) is 0 Å². The molecule has 103 heavy (non-hydrogen) atoms. The van der Waals surface area contributed by atoms with Crippen LogP contribution in [0.4, 0.5) is 0 Å². The highest BCUT2D eigenvalue weighted by molar-refractivity contribution is 5.86. The molecule has 5 unspecified atom stereocenters. The highest BCUT2D eigenvalue weighted by atomic mass is 14.4. The average Bonchev–Trinajstić information content (AvgIpc) is 1.72. The first-order chi connectivity index (χ1) is 50.7. The minimum Gasteiger partial charge on any atom is -0.0766 e. The molecular formula is C103H116. The molecule has 0 heteroatoms. The van der Waals surface area contributed by atoms with E-state index in [0.29, 0.717) is 23.7 Å². The molecule has 18 rings (SSSR count). The maximum Gasteiger partial charge on any atom is 0.0281 e. The van der Waals surface area contributed by atoms with Crippen molar-refractivity contribution >= 4 is 22.8 Å². The Balaban J connectivity index is 0.000000122. The quantitative estimate of drug-likeness (QED) is 0.0854. The minimum atomic E-state index is 0.382. The van der Waals surface area contributed by atoms with Gasteiger partial charge in [0.1, 0.15) is 0 Å². The Morgan fingerprint density at radius 2 is 0.825 bits per heavy atom. The fourth-order valence-corrected chi connectivity index (χ4v) is 19.7. The van der Waals surface area contributed by atoms with Crippen LogP contribution in [-0.4, -0.2) is 0 Å². The summed E-state index contributed by atoms with van der Waals surface area (Å²) in [5.41, 5.74) is 35.5. The summed E-state index contributed by atoms with van der Waals surface area (Å²) in [7, 11) is 0. The number of allylic oxidation sites excluding steroid dienone is 25. The number of hydrogen-bond acceptors (Lipinski definition) is 0. The van der Waals surface area contributed by atoms with E-state index in [2.05, 4.69) is 265 Å². The van der Waals surface area contributed by atoms with Crippen LogP contribution in [0, 0.1) is 41.4 Å². The molecule has 0 aromatic heterocycles. The first kappa shape index (κ1) is 70.6. The number of rotatable bonds is 17. The molecule has 0 spiro atoms. The lowest BCUT2D eigenvalue weighted by Crippen LogP contribution is -2.21. The summed E-state index contributed by atoms with van der Waals surface area (Å²) in [5, 5.41) is 0. The molecule has 0 saturated heterocycles. The van der Waals surface area contributed by atoms with E-state index in [1.165, 1.54) is 260 Å². The third-order valence-electron chi connectivity index (χ3n) is 26.3. The zero-order chi connectivity index (χ0) is 70.0. The van der Waals surface area contributed by atoms with Crippen molar-refractivity contribution in [2.24, 2.45) is 41.4 Å². The third kappa shape index (κ3) is 16.4. The third-order valence-corrected chi connectivity index (χ3v) is 26.3. The maximum atomic E-state index is 2.46. The second kappa shape index (κ2) is 33.4. The Hall–Kier alpha value is -8.06. The van der Waals surface area contributed by atoms with Crippen LogP contribution in [0.15, 0.2) is 258 Å². The predicted molar refractivity (Wildman–Crippen MR) is 442 cm³/mol. The van der Waals surface area contributed by atoms with Gasteiger partial charge in [-0.15, -0.1) is 0 Å². The molecule has 6 aromatic carbocycles. The van der Waals surface area contributed by atoms with Crippen LogP contribution in [-0.2, 0) is 57.8 Å². The largest absolute Gasteiger partial charge is 0.0766 e. The lowest BCUT2D eigenvalue weighted by atomic mass is 9.74. The van der Waals surface area contributed by atoms with Crippen LogP contribution in [0.1, 0.15) is 245 Å². The Bertz CT molecular complexity index is 4410. The molecule has 0 nitrogen and oxygen atoms in total. The van der Waals surface area contributed by atoms with E-state index in [-0.39, 0.29) is 0 Å². The van der Waals surface area contributed by atoms with Gasteiger partial charge in [-0.25, -0.2) is 0 Å². The zero-order valence-corrected chi connectivity index (χ0v) is 63.2. The summed E-state index contributed by atoms with van der Waals surface area (Å²) in [5.74, 6) is 6.20. The second-order valence-electron chi connectivity index (χ2n) is 33.0. The van der Waals surface area contributed by atoms with Crippen molar-refractivity contribution in [3.8, 4) is 0 Å². The maximum absolute atomic E-state index is 2.46. The van der Waals surface area contributed by atoms with Crippen molar-refractivity contribution in [3.05, 3.63) is 342 Å². The van der Waals surface area contributed by atoms with Gasteiger partial charge < -0.3 is 0 Å². The smallest absolute Gasteiger partial charge is 0.0281 e. The van der Waals surface area contributed by atoms with Crippen molar-refractivity contribution in [2.75, 3.05) is 0 Å². The van der Waals surface area contributed by atoms with E-state index >= 15 is 0 Å². The molecule has 0 amide bonds. The summed E-state index contributed by atoms with van der Waals surface area (Å²) < 4.78 is 0. The molecule has 3 fully saturated rings. The Morgan fingerprint density at radius 3 is 1.32 bits per heavy atom. The van der Waals surface area contributed by atoms with Crippen LogP contribution >= 0.6 is 0 Å². The SMILES string of the molecule is C1=CC2C(=C1)C(Cc1ccc(CC3CCCC3)cc1)=CC=C2c1ccc2c(c1)CCC2.CC1C=Cc2c(C3=CC=C(Cc4ccc(C5CCCCC5)cc4)C4=CC=CC43)cccc21.CCC(C)C1CCC(Cc2ccc(CC3=CC=C(c4ccc5c(c4)CCC5)C4C=CC=C34)cc2)CC1.CCCC. The Kier molecular flexibility index (Phi) is 22.9. The van der Waals surface area contributed by atoms with E-state index in [4.69, 9.17) is 0 Å². The average molecular weight is 1350 g/mol. The number of fused-ring (bicyclic) bond motifs is 6. The van der Waals surface area contributed by atoms with E-state index in [1.807, 2.05) is 0 Å². The second-order valence-corrected chi connectivity index (χ2v) is 33.0. The zero-order valence-electron chi connectivity index (χ0n) is 63.2. The number of hydrogen-bond donors (Lipinski definition) is 0. The van der Waals surface area contributed by atoms with Crippen molar-refractivity contribution in [3.63, 3.8) is 0 Å². The highest BCUT2D eigenvalue weighted by Gasteiger charge is 2.32. The number of aryl methyl sites for hydroxylation is 4. The molecule has 3 saturated carbocycles. The topological polar surface area (TPSA) is 0 Å². The Labute approximate surface area is 621 Å². The van der Waals surface area contributed by atoms with Gasteiger partial charge in [0.05, 0.1) is 0 Å². The normalized spacial score (nSPS) is 23.4. The van der Waals surface area contributed by atoms with Gasteiger partial charge in [0.2, 0.25) is 0 Å². The molecule has 12 aliphatic carbocycles. The van der Waals surface area contributed by atoms with Crippen molar-refractivity contribution in [2.45, 2.75) is 220 Å². The van der Waals surface area contributed by atoms with Crippen LogP contribution < -0.4 is 0 Å². The minimum absolute atomic E-state index is 0.382. The van der Waals surface area contributed by atoms with E-state index in [1.54, 1.807) is 27.8 Å². The van der Waals surface area contributed by atoms with Gasteiger partial charge in [-0.1, -0.05) is 330 Å². The van der Waals surface area contributed by atoms with Crippen LogP contribution in [0.2, 0.25) is 0 Å². The summed E-state index contributed by atoms with van der Waals surface area (Å²) in [6, 6.07) is 49.8. The highest BCUT2D eigenvalue weighted by Crippen LogP contribution is 2.48. The molecule has 0 aliphatic heterocycles. The number of unbranched alkanes of at least 4 members (excludes halogenated alkanes) is 1. The molecular weight excluding hydrogens is 1240 g/mol. The van der Waals surface area contributed by atoms with Gasteiger partial charge in [0, 0.05) is 17.8 Å². The van der Waals surface area contributed by atoms with Gasteiger partial charge in [-0.05, 0) is 278 Å². The van der Waals surface area contributed by atoms with Gasteiger partial charge in [0.15, 0.2) is 0 Å². The monoisotopic (exact) mass is 1350 g/mol. The van der Waals surface area contributed by atoms with Gasteiger partial charge >= 0.3 is 0 Å². The van der Waals surface area contributed by atoms with E-state index < -0.39 is 0 Å². The lowest BCUT2D eigenvalue weighted by Gasteiger charge is -2.32. The predicted octanol–water partition coefficient (Wildman–Crippen LogP) is 27.2. The van der Waals surface area contributed by atoms with E-state index in [9.17, 15) is 0 Å². The van der Waals surface area contributed by atoms with E-state index in [0.717, 1.165) is 48.9 Å². The van der Waals surface area contributed by atoms with Gasteiger partial charge in [-0.3, -0.25) is 0 Å². The standard InChI is InChI=1S/C36H42.C32H32.C31H32.C4H10/c1-3-25(2)29-16-14-27(15-17-29)22-26-10-12-28(13-11-26)23-32-20-21-35(36-9-5-8-34(32)36)33-19-18-30-6-4-7-31(30)24-33;1-22-13-19-31-27(22)9-5-12-30(31)32-20-18-26(28-10-6-11-29(28)32)21-23-14-16-25(17-15-23)24-7-3-2-4-8-24;1-2-6-22(5-1)19-23-11-13-24(14-12-23)20-27-17-18-30(31-10-4-9-29(27)31)28-16-15-25-7-3-8-26(25)21-28;1-3-4-2/h5,8-13,18-21,24-25,27,29,36H,3-4,6-7,14-17,22-23H2,1-2H3;5-6,9-20,22,24,29H,2-4,7-8,21H2,1H3;4,9-18,21-22,31H,1-3,5-8,19-20H2;3-4H2,1-2H3. The molecule has 5 atom stereocenters. The molecule has 0 N–H and O–H groups in total. The van der Waals surface area contributed by atoms with Gasteiger partial charge in [0.25, 0.3) is 0 Å². The first-order valence-corrected chi connectivity index (χ1v) is 41.4. The fourth-order valence-electron chi connectivity index (χ4n) is 19.7. The summed E-state index contributed by atoms with van der Waals surface area (Å²) in [4.78, 5) is 0. The molecule has 12 aliphatic rings. The van der Waals surface area contributed by atoms with Crippen molar-refractivity contribution < 1.29 is 0 Å². The van der Waals surface area contributed by atoms with Crippen LogP contribution in [0.25, 0.3) is 22.8 Å². The lowest BCUT2D eigenvalue weighted by molar-refractivity contribution is 0.210. The molecule has 0 heterocycles. The Morgan fingerprint density at radius 1 is 0.379 bits per heavy atom. The molecule has 0 bridgehead atoms. The molecule has 528 valence electrons. The van der Waals surface area contributed by atoms with Crippen LogP contribution in [0.5, 0.6) is 0 Å². The molecule has 6 aromatic rings.